The molecule has 148 valence electrons. The van der Waals surface area contributed by atoms with Crippen molar-refractivity contribution in [2.45, 2.75) is 13.0 Å². The van der Waals surface area contributed by atoms with E-state index >= 15 is 0 Å². The molecule has 2 aliphatic heterocycles. The van der Waals surface area contributed by atoms with Gasteiger partial charge in [-0.2, -0.15) is 0 Å². The molecule has 3 fully saturated rings. The molecule has 1 saturated carbocycles. The minimum atomic E-state index is -0.225. The van der Waals surface area contributed by atoms with Gasteiger partial charge in [0.15, 0.2) is 0 Å². The minimum absolute atomic E-state index is 0.0953. The average molecular weight is 464 g/mol. The van der Waals surface area contributed by atoms with E-state index in [1.807, 2.05) is 0 Å². The highest BCUT2D eigenvalue weighted by molar-refractivity contribution is 9.11. The number of amides is 3. The van der Waals surface area contributed by atoms with Crippen LogP contribution in [-0.4, -0.2) is 65.1 Å². The molecule has 0 N–H and O–H groups in total. The molecule has 1 aromatic rings. The number of piperazine rings is 1. The zero-order valence-electron chi connectivity index (χ0n) is 15.4. The highest BCUT2D eigenvalue weighted by atomic mass is 79.9. The third kappa shape index (κ3) is 3.06. The Morgan fingerprint density at radius 3 is 2.25 bits per heavy atom. The number of fused-ring (bicyclic) bond motifs is 5. The maximum atomic E-state index is 12.8. The van der Waals surface area contributed by atoms with Gasteiger partial charge in [0.25, 0.3) is 0 Å². The number of thiophene rings is 1. The molecule has 28 heavy (non-hydrogen) atoms. The highest BCUT2D eigenvalue weighted by Crippen LogP contribution is 2.52. The summed E-state index contributed by atoms with van der Waals surface area (Å²) in [7, 11) is 0. The molecule has 1 aromatic heterocycles. The maximum Gasteiger partial charge on any atom is 0.242 e. The first-order valence-corrected chi connectivity index (χ1v) is 11.4. The van der Waals surface area contributed by atoms with Gasteiger partial charge < -0.3 is 4.90 Å². The zero-order chi connectivity index (χ0) is 19.4. The lowest BCUT2D eigenvalue weighted by atomic mass is 9.85. The van der Waals surface area contributed by atoms with E-state index < -0.39 is 0 Å². The first-order valence-electron chi connectivity index (χ1n) is 9.79. The summed E-state index contributed by atoms with van der Waals surface area (Å²) >= 11 is 5.22. The van der Waals surface area contributed by atoms with E-state index in [1.165, 1.54) is 9.78 Å². The van der Waals surface area contributed by atoms with Crippen molar-refractivity contribution in [3.8, 4) is 0 Å². The number of hydrogen-bond acceptors (Lipinski definition) is 5. The molecular formula is C20H22BrN3O3S. The molecule has 4 unspecified atom stereocenters. The smallest absolute Gasteiger partial charge is 0.242 e. The molecule has 4 aliphatic rings. The van der Waals surface area contributed by atoms with Crippen LogP contribution in [0.2, 0.25) is 0 Å². The van der Waals surface area contributed by atoms with Crippen LogP contribution in [0.15, 0.2) is 28.1 Å². The standard InChI is InChI=1S/C20H22BrN3O3S/c21-15-4-3-14(28-15)10-22-5-7-23(8-6-22)16(25)11-24-19(26)17-12-1-2-13(9-12)18(17)20(24)27/h1-4,12-13,17-18H,5-11H2. The Morgan fingerprint density at radius 2 is 1.68 bits per heavy atom. The van der Waals surface area contributed by atoms with Gasteiger partial charge in [0, 0.05) is 37.6 Å². The van der Waals surface area contributed by atoms with Gasteiger partial charge in [-0.05, 0) is 46.3 Å². The first kappa shape index (κ1) is 18.5. The largest absolute Gasteiger partial charge is 0.339 e. The summed E-state index contributed by atoms with van der Waals surface area (Å²) in [6.07, 6.45) is 5.07. The van der Waals surface area contributed by atoms with E-state index in [-0.39, 0.29) is 47.9 Å². The lowest BCUT2D eigenvalue weighted by Crippen LogP contribution is -2.51. The first-order chi connectivity index (χ1) is 13.5. The lowest BCUT2D eigenvalue weighted by Gasteiger charge is -2.35. The minimum Gasteiger partial charge on any atom is -0.339 e. The number of halogens is 1. The van der Waals surface area contributed by atoms with Gasteiger partial charge in [-0.1, -0.05) is 12.2 Å². The molecule has 0 radical (unpaired) electrons. The highest BCUT2D eigenvalue weighted by Gasteiger charge is 2.59. The molecule has 0 aromatic carbocycles. The Balaban J connectivity index is 1.16. The van der Waals surface area contributed by atoms with Gasteiger partial charge in [0.2, 0.25) is 17.7 Å². The van der Waals surface area contributed by atoms with Crippen molar-refractivity contribution in [3.63, 3.8) is 0 Å². The van der Waals surface area contributed by atoms with Crippen molar-refractivity contribution in [3.05, 3.63) is 32.9 Å². The van der Waals surface area contributed by atoms with Crippen molar-refractivity contribution >= 4 is 45.0 Å². The number of likely N-dealkylation sites (tertiary alicyclic amines) is 1. The molecule has 2 aliphatic carbocycles. The Kier molecular flexibility index (Phi) is 4.68. The fourth-order valence-corrected chi connectivity index (χ4v) is 6.69. The van der Waals surface area contributed by atoms with Crippen LogP contribution in [0.5, 0.6) is 0 Å². The van der Waals surface area contributed by atoms with Crippen LogP contribution in [0, 0.1) is 23.7 Å². The van der Waals surface area contributed by atoms with Crippen molar-refractivity contribution < 1.29 is 14.4 Å². The number of carbonyl (C=O) groups is 3. The normalized spacial score (nSPS) is 31.9. The third-order valence-electron chi connectivity index (χ3n) is 6.59. The Labute approximate surface area is 176 Å². The Morgan fingerprint density at radius 1 is 1.04 bits per heavy atom. The van der Waals surface area contributed by atoms with Crippen LogP contribution in [0.25, 0.3) is 0 Å². The summed E-state index contributed by atoms with van der Waals surface area (Å²) in [6.45, 7) is 3.69. The van der Waals surface area contributed by atoms with Crippen molar-refractivity contribution in [2.24, 2.45) is 23.7 Å². The molecule has 5 rings (SSSR count). The van der Waals surface area contributed by atoms with Gasteiger partial charge in [0.1, 0.15) is 6.54 Å². The van der Waals surface area contributed by atoms with Crippen LogP contribution in [-0.2, 0) is 20.9 Å². The van der Waals surface area contributed by atoms with Gasteiger partial charge in [-0.25, -0.2) is 0 Å². The summed E-state index contributed by atoms with van der Waals surface area (Å²) < 4.78 is 1.13. The van der Waals surface area contributed by atoms with Crippen molar-refractivity contribution in [1.29, 1.82) is 0 Å². The number of allylic oxidation sites excluding steroid dienone is 2. The second kappa shape index (κ2) is 7.07. The Hall–Kier alpha value is -1.51. The third-order valence-corrected chi connectivity index (χ3v) is 8.20. The van der Waals surface area contributed by atoms with E-state index in [0.717, 1.165) is 29.8 Å². The summed E-state index contributed by atoms with van der Waals surface area (Å²) in [5, 5.41) is 0. The summed E-state index contributed by atoms with van der Waals surface area (Å²) in [5.41, 5.74) is 0. The molecular weight excluding hydrogens is 442 g/mol. The average Bonchev–Trinajstić information content (AvgIpc) is 3.44. The summed E-state index contributed by atoms with van der Waals surface area (Å²) in [6, 6.07) is 4.18. The van der Waals surface area contributed by atoms with Crippen LogP contribution in [0.3, 0.4) is 0 Å². The summed E-state index contributed by atoms with van der Waals surface area (Å²) in [4.78, 5) is 44.9. The molecule has 3 amide bonds. The number of rotatable bonds is 4. The fourth-order valence-electron chi connectivity index (χ4n) is 5.17. The molecule has 0 spiro atoms. The van der Waals surface area contributed by atoms with Crippen LogP contribution >= 0.6 is 27.3 Å². The lowest BCUT2D eigenvalue weighted by molar-refractivity contribution is -0.147. The number of nitrogens with zero attached hydrogens (tertiary/aromatic N) is 3. The number of imide groups is 1. The SMILES string of the molecule is O=C(CN1C(=O)C2C3C=CC(C3)C2C1=O)N1CCN(Cc2ccc(Br)s2)CC1. The second-order valence-electron chi connectivity index (χ2n) is 8.13. The molecule has 3 heterocycles. The van der Waals surface area contributed by atoms with Crippen LogP contribution in [0.1, 0.15) is 11.3 Å². The van der Waals surface area contributed by atoms with Gasteiger partial charge in [-0.15, -0.1) is 11.3 Å². The monoisotopic (exact) mass is 463 g/mol. The summed E-state index contributed by atoms with van der Waals surface area (Å²) in [5.74, 6) is -0.459. The van der Waals surface area contributed by atoms with Crippen LogP contribution < -0.4 is 0 Å². The van der Waals surface area contributed by atoms with E-state index in [2.05, 4.69) is 45.1 Å². The zero-order valence-corrected chi connectivity index (χ0v) is 17.8. The predicted octanol–water partition coefficient (Wildman–Crippen LogP) is 1.96. The fraction of sp³-hybridized carbons (Fsp3) is 0.550. The quantitative estimate of drug-likeness (QED) is 0.505. The van der Waals surface area contributed by atoms with Crippen molar-refractivity contribution in [2.75, 3.05) is 32.7 Å². The second-order valence-corrected chi connectivity index (χ2v) is 10.7. The van der Waals surface area contributed by atoms with E-state index in [4.69, 9.17) is 0 Å². The van der Waals surface area contributed by atoms with Crippen molar-refractivity contribution in [1.82, 2.24) is 14.7 Å². The number of hydrogen-bond donors (Lipinski definition) is 0. The van der Waals surface area contributed by atoms with Gasteiger partial charge >= 0.3 is 0 Å². The topological polar surface area (TPSA) is 60.9 Å². The van der Waals surface area contributed by atoms with E-state index in [9.17, 15) is 14.4 Å². The molecule has 2 bridgehead atoms. The molecule has 6 nitrogen and oxygen atoms in total. The maximum absolute atomic E-state index is 12.8. The predicted molar refractivity (Wildman–Crippen MR) is 108 cm³/mol. The van der Waals surface area contributed by atoms with Crippen LogP contribution in [0.4, 0.5) is 0 Å². The number of carbonyl (C=O) groups excluding carboxylic acids is 3. The van der Waals surface area contributed by atoms with Gasteiger partial charge in [-0.3, -0.25) is 24.2 Å². The van der Waals surface area contributed by atoms with E-state index in [1.54, 1.807) is 16.2 Å². The van der Waals surface area contributed by atoms with Gasteiger partial charge in [0.05, 0.1) is 15.6 Å². The Bertz CT molecular complexity index is 831. The molecule has 4 atom stereocenters. The molecule has 8 heteroatoms. The van der Waals surface area contributed by atoms with E-state index in [0.29, 0.717) is 13.1 Å². The molecule has 2 saturated heterocycles.